The third-order valence-corrected chi connectivity index (χ3v) is 4.27. The summed E-state index contributed by atoms with van der Waals surface area (Å²) in [6, 6.07) is 6.14. The van der Waals surface area contributed by atoms with Gasteiger partial charge in [0.15, 0.2) is 11.6 Å². The highest BCUT2D eigenvalue weighted by molar-refractivity contribution is 6.30. The van der Waals surface area contributed by atoms with Gasteiger partial charge in [0.1, 0.15) is 12.0 Å². The first kappa shape index (κ1) is 14.9. The van der Waals surface area contributed by atoms with E-state index in [0.717, 1.165) is 11.3 Å². The average molecular weight is 318 g/mol. The first-order valence-electron chi connectivity index (χ1n) is 7.53. The van der Waals surface area contributed by atoms with Gasteiger partial charge in [0, 0.05) is 16.8 Å². The van der Waals surface area contributed by atoms with Crippen LogP contribution in [0.25, 0.3) is 0 Å². The fourth-order valence-corrected chi connectivity index (χ4v) is 2.90. The van der Waals surface area contributed by atoms with Gasteiger partial charge in [-0.25, -0.2) is 9.97 Å². The van der Waals surface area contributed by atoms with E-state index in [4.69, 9.17) is 17.3 Å². The topological polar surface area (TPSA) is 75.9 Å². The third-order valence-electron chi connectivity index (χ3n) is 4.03. The molecule has 0 unspecified atom stereocenters. The molecule has 1 aliphatic rings. The van der Waals surface area contributed by atoms with Gasteiger partial charge in [0.2, 0.25) is 0 Å². The van der Waals surface area contributed by atoms with Crippen molar-refractivity contribution >= 4 is 34.6 Å². The van der Waals surface area contributed by atoms with E-state index in [1.807, 2.05) is 25.1 Å². The molecule has 1 aromatic carbocycles. The molecule has 1 aliphatic carbocycles. The highest BCUT2D eigenvalue weighted by Gasteiger charge is 2.17. The Balaban J connectivity index is 1.83. The van der Waals surface area contributed by atoms with Crippen LogP contribution >= 0.6 is 11.6 Å². The molecule has 0 bridgehead atoms. The zero-order valence-electron chi connectivity index (χ0n) is 12.6. The van der Waals surface area contributed by atoms with Crippen LogP contribution in [0.15, 0.2) is 24.5 Å². The molecule has 1 saturated carbocycles. The minimum absolute atomic E-state index is 0.456. The minimum Gasteiger partial charge on any atom is -0.393 e. The lowest BCUT2D eigenvalue weighted by Gasteiger charge is -2.17. The number of anilines is 4. The Labute approximate surface area is 135 Å². The number of nitrogens with one attached hydrogen (secondary N) is 2. The van der Waals surface area contributed by atoms with Crippen molar-refractivity contribution in [2.75, 3.05) is 16.4 Å². The molecule has 1 heterocycles. The van der Waals surface area contributed by atoms with Crippen molar-refractivity contribution in [1.29, 1.82) is 0 Å². The summed E-state index contributed by atoms with van der Waals surface area (Å²) in [4.78, 5) is 8.52. The van der Waals surface area contributed by atoms with Crippen molar-refractivity contribution < 1.29 is 0 Å². The maximum atomic E-state index is 6.21. The number of rotatable bonds is 4. The van der Waals surface area contributed by atoms with Crippen LogP contribution in [0.1, 0.15) is 31.2 Å². The zero-order chi connectivity index (χ0) is 15.5. The van der Waals surface area contributed by atoms with Crippen LogP contribution in [-0.4, -0.2) is 16.0 Å². The Hall–Kier alpha value is -2.01. The predicted molar refractivity (Wildman–Crippen MR) is 91.8 cm³/mol. The Morgan fingerprint density at radius 3 is 2.68 bits per heavy atom. The van der Waals surface area contributed by atoms with Gasteiger partial charge in [-0.05, 0) is 37.5 Å². The molecule has 0 aliphatic heterocycles. The fourth-order valence-electron chi connectivity index (χ4n) is 2.73. The van der Waals surface area contributed by atoms with E-state index in [1.54, 1.807) is 0 Å². The number of halogens is 1. The molecule has 4 N–H and O–H groups in total. The summed E-state index contributed by atoms with van der Waals surface area (Å²) in [5, 5.41) is 7.34. The minimum atomic E-state index is 0.456. The first-order valence-corrected chi connectivity index (χ1v) is 7.91. The molecule has 0 amide bonds. The van der Waals surface area contributed by atoms with E-state index >= 15 is 0 Å². The second-order valence-electron chi connectivity index (χ2n) is 5.69. The first-order chi connectivity index (χ1) is 10.6. The van der Waals surface area contributed by atoms with Crippen molar-refractivity contribution in [2.24, 2.45) is 0 Å². The van der Waals surface area contributed by atoms with Crippen molar-refractivity contribution in [3.8, 4) is 0 Å². The maximum absolute atomic E-state index is 6.21. The van der Waals surface area contributed by atoms with Gasteiger partial charge in [-0.3, -0.25) is 0 Å². The van der Waals surface area contributed by atoms with Gasteiger partial charge in [0.25, 0.3) is 0 Å². The van der Waals surface area contributed by atoms with Crippen molar-refractivity contribution in [2.45, 2.75) is 38.6 Å². The molecule has 6 heteroatoms. The molecule has 5 nitrogen and oxygen atoms in total. The molecular formula is C16H20ClN5. The predicted octanol–water partition coefficient (Wildman–Crippen LogP) is 4.12. The van der Waals surface area contributed by atoms with E-state index in [-0.39, 0.29) is 0 Å². The summed E-state index contributed by atoms with van der Waals surface area (Å²) in [5.74, 6) is 1.30. The smallest absolute Gasteiger partial charge is 0.159 e. The molecule has 22 heavy (non-hydrogen) atoms. The largest absolute Gasteiger partial charge is 0.393 e. The number of benzene rings is 1. The van der Waals surface area contributed by atoms with Crippen LogP contribution in [-0.2, 0) is 0 Å². The van der Waals surface area contributed by atoms with Gasteiger partial charge >= 0.3 is 0 Å². The van der Waals surface area contributed by atoms with Crippen molar-refractivity contribution in [3.63, 3.8) is 0 Å². The van der Waals surface area contributed by atoms with Crippen LogP contribution in [0.4, 0.5) is 23.0 Å². The number of aryl methyl sites for hydroxylation is 1. The summed E-state index contributed by atoms with van der Waals surface area (Å²) in [6.07, 6.45) is 6.38. The second-order valence-corrected chi connectivity index (χ2v) is 6.13. The number of hydrogen-bond acceptors (Lipinski definition) is 5. The number of hydrogen-bond donors (Lipinski definition) is 3. The summed E-state index contributed by atoms with van der Waals surface area (Å²) in [5.41, 5.74) is 8.72. The third kappa shape index (κ3) is 3.25. The number of nitrogens with two attached hydrogens (primary N) is 1. The standard InChI is InChI=1S/C16H20ClN5/c1-10-6-7-11(17)8-13(10)22-16-14(18)15(19-9-20-16)21-12-4-2-3-5-12/h6-9,12H,2-5,18H2,1H3,(H2,19,20,21,22). The fraction of sp³-hybridized carbons (Fsp3) is 0.375. The number of nitrogens with zero attached hydrogens (tertiary/aromatic N) is 2. The molecule has 3 rings (SSSR count). The Morgan fingerprint density at radius 1 is 1.18 bits per heavy atom. The molecule has 0 atom stereocenters. The van der Waals surface area contributed by atoms with Crippen LogP contribution in [0.2, 0.25) is 5.02 Å². The van der Waals surface area contributed by atoms with Crippen LogP contribution in [0, 0.1) is 6.92 Å². The van der Waals surface area contributed by atoms with E-state index in [9.17, 15) is 0 Å². The highest BCUT2D eigenvalue weighted by atomic mass is 35.5. The summed E-state index contributed by atoms with van der Waals surface area (Å²) in [7, 11) is 0. The van der Waals surface area contributed by atoms with Gasteiger partial charge in [-0.15, -0.1) is 0 Å². The van der Waals surface area contributed by atoms with Gasteiger partial charge < -0.3 is 16.4 Å². The maximum Gasteiger partial charge on any atom is 0.159 e. The van der Waals surface area contributed by atoms with E-state index in [2.05, 4.69) is 20.6 Å². The Bertz CT molecular complexity index is 668. The highest BCUT2D eigenvalue weighted by Crippen LogP contribution is 2.30. The van der Waals surface area contributed by atoms with Crippen LogP contribution in [0.5, 0.6) is 0 Å². The quantitative estimate of drug-likeness (QED) is 0.791. The molecule has 0 spiro atoms. The zero-order valence-corrected chi connectivity index (χ0v) is 13.3. The Morgan fingerprint density at radius 2 is 1.91 bits per heavy atom. The number of aromatic nitrogens is 2. The molecule has 0 saturated heterocycles. The van der Waals surface area contributed by atoms with Crippen molar-refractivity contribution in [1.82, 2.24) is 9.97 Å². The molecule has 1 fully saturated rings. The SMILES string of the molecule is Cc1ccc(Cl)cc1Nc1ncnc(NC2CCCC2)c1N. The molecule has 0 radical (unpaired) electrons. The van der Waals surface area contributed by atoms with Gasteiger partial charge in [-0.1, -0.05) is 30.5 Å². The normalized spacial score (nSPS) is 15.0. The summed E-state index contributed by atoms with van der Waals surface area (Å²) >= 11 is 6.05. The van der Waals surface area contributed by atoms with E-state index in [0.29, 0.717) is 28.4 Å². The van der Waals surface area contributed by atoms with Crippen LogP contribution in [0.3, 0.4) is 0 Å². The Kier molecular flexibility index (Phi) is 4.34. The number of nitrogen functional groups attached to an aromatic ring is 1. The molecule has 1 aromatic heterocycles. The van der Waals surface area contributed by atoms with Crippen LogP contribution < -0.4 is 16.4 Å². The average Bonchev–Trinajstić information content (AvgIpc) is 3.00. The van der Waals surface area contributed by atoms with Gasteiger partial charge in [0.05, 0.1) is 0 Å². The lowest BCUT2D eigenvalue weighted by molar-refractivity contribution is 0.750. The van der Waals surface area contributed by atoms with E-state index < -0.39 is 0 Å². The monoisotopic (exact) mass is 317 g/mol. The molecule has 2 aromatic rings. The lowest BCUT2D eigenvalue weighted by atomic mass is 10.2. The summed E-state index contributed by atoms with van der Waals surface area (Å²) < 4.78 is 0. The molecular weight excluding hydrogens is 298 g/mol. The molecule has 116 valence electrons. The summed E-state index contributed by atoms with van der Waals surface area (Å²) in [6.45, 7) is 2.01. The lowest BCUT2D eigenvalue weighted by Crippen LogP contribution is -2.17. The van der Waals surface area contributed by atoms with Crippen molar-refractivity contribution in [3.05, 3.63) is 35.1 Å². The second kappa shape index (κ2) is 6.40. The van der Waals surface area contributed by atoms with E-state index in [1.165, 1.54) is 32.0 Å². The van der Waals surface area contributed by atoms with Gasteiger partial charge in [-0.2, -0.15) is 0 Å².